The smallest absolute Gasteiger partial charge is 0.245 e. The summed E-state index contributed by atoms with van der Waals surface area (Å²) in [6.07, 6.45) is 1.000. The van der Waals surface area contributed by atoms with Crippen LogP contribution in [0.3, 0.4) is 0 Å². The summed E-state index contributed by atoms with van der Waals surface area (Å²) in [6.45, 7) is 6.08. The first kappa shape index (κ1) is 12.2. The van der Waals surface area contributed by atoms with E-state index in [1.54, 1.807) is 0 Å². The van der Waals surface area contributed by atoms with Crippen LogP contribution in [0.4, 0.5) is 5.95 Å². The Morgan fingerprint density at radius 2 is 2.00 bits per heavy atom. The highest BCUT2D eigenvalue weighted by molar-refractivity contribution is 5.61. The van der Waals surface area contributed by atoms with E-state index >= 15 is 0 Å². The topological polar surface area (TPSA) is 56.8 Å². The molecule has 1 aliphatic heterocycles. The number of hydrogen-bond acceptors (Lipinski definition) is 4. The van der Waals surface area contributed by atoms with Crippen LogP contribution in [0.1, 0.15) is 12.5 Å². The molecule has 0 saturated carbocycles. The lowest BCUT2D eigenvalue weighted by Gasteiger charge is -2.25. The van der Waals surface area contributed by atoms with Gasteiger partial charge in [-0.1, -0.05) is 31.2 Å². The molecule has 0 radical (unpaired) electrons. The van der Waals surface area contributed by atoms with Crippen molar-refractivity contribution in [1.82, 2.24) is 20.5 Å². The summed E-state index contributed by atoms with van der Waals surface area (Å²) in [5.41, 5.74) is 2.45. The molecule has 1 saturated heterocycles. The van der Waals surface area contributed by atoms with E-state index in [-0.39, 0.29) is 0 Å². The number of aromatic amines is 1. The molecule has 19 heavy (non-hydrogen) atoms. The van der Waals surface area contributed by atoms with Crippen LogP contribution in [0.5, 0.6) is 0 Å². The highest BCUT2D eigenvalue weighted by Gasteiger charge is 2.16. The summed E-state index contributed by atoms with van der Waals surface area (Å²) in [6, 6.07) is 8.35. The first-order chi connectivity index (χ1) is 9.38. The molecule has 100 valence electrons. The van der Waals surface area contributed by atoms with Gasteiger partial charge < -0.3 is 10.2 Å². The monoisotopic (exact) mass is 257 g/mol. The van der Waals surface area contributed by atoms with E-state index in [4.69, 9.17) is 0 Å². The number of anilines is 1. The highest BCUT2D eigenvalue weighted by atomic mass is 15.4. The number of piperazine rings is 1. The lowest BCUT2D eigenvalue weighted by molar-refractivity contribution is 0.580. The van der Waals surface area contributed by atoms with E-state index in [1.165, 1.54) is 5.56 Å². The van der Waals surface area contributed by atoms with Gasteiger partial charge in [0.05, 0.1) is 0 Å². The Bertz CT molecular complexity index is 542. The Morgan fingerprint density at radius 1 is 1.21 bits per heavy atom. The SMILES string of the molecule is CCc1ccccc1-c1nc(N2CCNCC2)n[nH]1. The molecule has 0 bridgehead atoms. The molecule has 2 aromatic rings. The zero-order valence-electron chi connectivity index (χ0n) is 11.2. The summed E-state index contributed by atoms with van der Waals surface area (Å²) in [4.78, 5) is 6.86. The van der Waals surface area contributed by atoms with Gasteiger partial charge in [0.1, 0.15) is 0 Å². The minimum Gasteiger partial charge on any atom is -0.337 e. The van der Waals surface area contributed by atoms with Crippen LogP contribution in [-0.2, 0) is 6.42 Å². The molecule has 0 atom stereocenters. The third-order valence-corrected chi connectivity index (χ3v) is 3.53. The normalized spacial score (nSPS) is 15.7. The quantitative estimate of drug-likeness (QED) is 0.873. The predicted octanol–water partition coefficient (Wildman–Crippen LogP) is 1.44. The zero-order valence-corrected chi connectivity index (χ0v) is 11.2. The van der Waals surface area contributed by atoms with Gasteiger partial charge in [-0.2, -0.15) is 4.98 Å². The Morgan fingerprint density at radius 3 is 2.79 bits per heavy atom. The van der Waals surface area contributed by atoms with Gasteiger partial charge in [0.25, 0.3) is 0 Å². The number of nitrogens with one attached hydrogen (secondary N) is 2. The largest absolute Gasteiger partial charge is 0.337 e. The van der Waals surface area contributed by atoms with Crippen LogP contribution in [0.2, 0.25) is 0 Å². The fourth-order valence-corrected chi connectivity index (χ4v) is 2.44. The van der Waals surface area contributed by atoms with Crippen LogP contribution < -0.4 is 10.2 Å². The van der Waals surface area contributed by atoms with Crippen molar-refractivity contribution in [3.8, 4) is 11.4 Å². The number of H-pyrrole nitrogens is 1. The molecule has 1 aliphatic rings. The molecule has 0 aliphatic carbocycles. The summed E-state index contributed by atoms with van der Waals surface area (Å²) in [5, 5.41) is 10.8. The molecule has 0 unspecified atom stereocenters. The molecule has 0 spiro atoms. The van der Waals surface area contributed by atoms with Crippen molar-refractivity contribution in [2.45, 2.75) is 13.3 Å². The molecular formula is C14H19N5. The Balaban J connectivity index is 1.88. The van der Waals surface area contributed by atoms with Crippen LogP contribution >= 0.6 is 0 Å². The predicted molar refractivity (Wildman–Crippen MR) is 76.3 cm³/mol. The number of aromatic nitrogens is 3. The third-order valence-electron chi connectivity index (χ3n) is 3.53. The molecule has 1 aromatic heterocycles. The van der Waals surface area contributed by atoms with Crippen molar-refractivity contribution in [1.29, 1.82) is 0 Å². The van der Waals surface area contributed by atoms with Crippen LogP contribution in [0, 0.1) is 0 Å². The van der Waals surface area contributed by atoms with E-state index in [2.05, 4.69) is 50.5 Å². The Labute approximate surface area is 113 Å². The molecule has 1 aromatic carbocycles. The summed E-state index contributed by atoms with van der Waals surface area (Å²) < 4.78 is 0. The van der Waals surface area contributed by atoms with E-state index in [0.29, 0.717) is 0 Å². The lowest BCUT2D eigenvalue weighted by Crippen LogP contribution is -2.44. The molecule has 2 heterocycles. The van der Waals surface area contributed by atoms with Gasteiger partial charge in [-0.25, -0.2) is 0 Å². The van der Waals surface area contributed by atoms with Crippen LogP contribution in [0.25, 0.3) is 11.4 Å². The summed E-state index contributed by atoms with van der Waals surface area (Å²) in [7, 11) is 0. The van der Waals surface area contributed by atoms with Gasteiger partial charge in [-0.15, -0.1) is 5.10 Å². The van der Waals surface area contributed by atoms with Crippen molar-refractivity contribution in [3.05, 3.63) is 29.8 Å². The zero-order chi connectivity index (χ0) is 13.1. The number of benzene rings is 1. The molecule has 5 nitrogen and oxygen atoms in total. The van der Waals surface area contributed by atoms with Gasteiger partial charge in [0.15, 0.2) is 5.82 Å². The molecule has 1 fully saturated rings. The van der Waals surface area contributed by atoms with Gasteiger partial charge in [0, 0.05) is 31.7 Å². The maximum Gasteiger partial charge on any atom is 0.245 e. The average molecular weight is 257 g/mol. The molecule has 0 amide bonds. The minimum atomic E-state index is 0.808. The van der Waals surface area contributed by atoms with E-state index in [0.717, 1.165) is 49.9 Å². The number of hydrogen-bond donors (Lipinski definition) is 2. The highest BCUT2D eigenvalue weighted by Crippen LogP contribution is 2.22. The summed E-state index contributed by atoms with van der Waals surface area (Å²) >= 11 is 0. The fraction of sp³-hybridized carbons (Fsp3) is 0.429. The van der Waals surface area contributed by atoms with Crippen LogP contribution in [0.15, 0.2) is 24.3 Å². The maximum atomic E-state index is 4.64. The van der Waals surface area contributed by atoms with E-state index < -0.39 is 0 Å². The minimum absolute atomic E-state index is 0.808. The van der Waals surface area contributed by atoms with Crippen molar-refractivity contribution in [2.75, 3.05) is 31.1 Å². The van der Waals surface area contributed by atoms with Crippen molar-refractivity contribution in [2.24, 2.45) is 0 Å². The van der Waals surface area contributed by atoms with Gasteiger partial charge in [0.2, 0.25) is 5.95 Å². The number of nitrogens with zero attached hydrogens (tertiary/aromatic N) is 3. The summed E-state index contributed by atoms with van der Waals surface area (Å²) in [5.74, 6) is 1.67. The first-order valence-corrected chi connectivity index (χ1v) is 6.85. The van der Waals surface area contributed by atoms with Crippen molar-refractivity contribution in [3.63, 3.8) is 0 Å². The Hall–Kier alpha value is -1.88. The molecular weight excluding hydrogens is 238 g/mol. The Kier molecular flexibility index (Phi) is 3.46. The van der Waals surface area contributed by atoms with Crippen molar-refractivity contribution < 1.29 is 0 Å². The second-order valence-electron chi connectivity index (χ2n) is 4.73. The van der Waals surface area contributed by atoms with Gasteiger partial charge >= 0.3 is 0 Å². The van der Waals surface area contributed by atoms with E-state index in [1.807, 2.05) is 6.07 Å². The number of rotatable bonds is 3. The first-order valence-electron chi connectivity index (χ1n) is 6.85. The second-order valence-corrected chi connectivity index (χ2v) is 4.73. The maximum absolute atomic E-state index is 4.64. The van der Waals surface area contributed by atoms with Crippen molar-refractivity contribution >= 4 is 5.95 Å². The number of aryl methyl sites for hydroxylation is 1. The molecule has 5 heteroatoms. The third kappa shape index (κ3) is 2.46. The lowest BCUT2D eigenvalue weighted by atomic mass is 10.1. The second kappa shape index (κ2) is 5.40. The molecule has 3 rings (SSSR count). The molecule has 2 N–H and O–H groups in total. The van der Waals surface area contributed by atoms with Gasteiger partial charge in [-0.3, -0.25) is 5.10 Å². The standard InChI is InChI=1S/C14H19N5/c1-2-11-5-3-4-6-12(11)13-16-14(18-17-13)19-9-7-15-8-10-19/h3-6,15H,2,7-10H2,1H3,(H,16,17,18). The van der Waals surface area contributed by atoms with E-state index in [9.17, 15) is 0 Å². The van der Waals surface area contributed by atoms with Crippen LogP contribution in [-0.4, -0.2) is 41.4 Å². The fourth-order valence-electron chi connectivity index (χ4n) is 2.44. The average Bonchev–Trinajstić information content (AvgIpc) is 2.98. The van der Waals surface area contributed by atoms with Gasteiger partial charge in [-0.05, 0) is 12.0 Å².